The van der Waals surface area contributed by atoms with Crippen molar-refractivity contribution in [3.63, 3.8) is 0 Å². The minimum atomic E-state index is -0.560. The third-order valence-corrected chi connectivity index (χ3v) is 2.38. The van der Waals surface area contributed by atoms with E-state index < -0.39 is 10.8 Å². The number of hydrazone groups is 1. The molecule has 1 aromatic heterocycles. The first-order chi connectivity index (χ1) is 9.66. The van der Waals surface area contributed by atoms with Gasteiger partial charge < -0.3 is 0 Å². The predicted octanol–water partition coefficient (Wildman–Crippen LogP) is 1.75. The minimum absolute atomic E-state index is 0.145. The number of hydrogen-bond donors (Lipinski definition) is 1. The summed E-state index contributed by atoms with van der Waals surface area (Å²) in [5.41, 5.74) is 3.05. The van der Waals surface area contributed by atoms with Gasteiger partial charge in [0.05, 0.1) is 11.1 Å². The molecule has 2 aromatic rings. The summed E-state index contributed by atoms with van der Waals surface area (Å²) in [6.45, 7) is 0. The fourth-order valence-corrected chi connectivity index (χ4v) is 1.44. The number of carbonyl (C=O) groups is 1. The second-order valence-electron chi connectivity index (χ2n) is 3.79. The lowest BCUT2D eigenvalue weighted by Crippen LogP contribution is -2.17. The van der Waals surface area contributed by atoms with Crippen molar-refractivity contribution in [2.45, 2.75) is 0 Å². The van der Waals surface area contributed by atoms with Crippen molar-refractivity contribution in [3.05, 3.63) is 70.0 Å². The average Bonchev–Trinajstić information content (AvgIpc) is 2.48. The van der Waals surface area contributed by atoms with Crippen LogP contribution in [0.1, 0.15) is 15.9 Å². The summed E-state index contributed by atoms with van der Waals surface area (Å²) in [5, 5.41) is 14.4. The van der Waals surface area contributed by atoms with Crippen LogP contribution in [0.2, 0.25) is 0 Å². The third kappa shape index (κ3) is 3.45. The number of nitro groups is 1. The first-order valence-corrected chi connectivity index (χ1v) is 5.65. The topological polar surface area (TPSA) is 97.5 Å². The van der Waals surface area contributed by atoms with Crippen LogP contribution in [0.3, 0.4) is 0 Å². The number of nitrogens with one attached hydrogen (secondary N) is 1. The molecular weight excluding hydrogens is 260 g/mol. The Kier molecular flexibility index (Phi) is 4.13. The van der Waals surface area contributed by atoms with Crippen LogP contribution in [0, 0.1) is 10.1 Å². The van der Waals surface area contributed by atoms with Crippen LogP contribution in [0.4, 0.5) is 5.69 Å². The number of rotatable bonds is 4. The number of non-ortho nitro benzene ring substituents is 1. The molecule has 0 aliphatic rings. The highest BCUT2D eigenvalue weighted by Gasteiger charge is 2.10. The largest absolute Gasteiger partial charge is 0.271 e. The Morgan fingerprint density at radius 1 is 1.35 bits per heavy atom. The van der Waals surface area contributed by atoms with Gasteiger partial charge in [0.25, 0.3) is 11.6 Å². The highest BCUT2D eigenvalue weighted by molar-refractivity contribution is 5.95. The summed E-state index contributed by atoms with van der Waals surface area (Å²) >= 11 is 0. The van der Waals surface area contributed by atoms with Gasteiger partial charge in [0.2, 0.25) is 0 Å². The van der Waals surface area contributed by atoms with Crippen molar-refractivity contribution >= 4 is 17.8 Å². The lowest BCUT2D eigenvalue weighted by Gasteiger charge is -1.99. The molecule has 0 fully saturated rings. The van der Waals surface area contributed by atoms with Gasteiger partial charge in [-0.05, 0) is 12.1 Å². The van der Waals surface area contributed by atoms with Crippen LogP contribution in [-0.2, 0) is 0 Å². The van der Waals surface area contributed by atoms with E-state index in [2.05, 4.69) is 15.5 Å². The lowest BCUT2D eigenvalue weighted by atomic mass is 10.2. The summed E-state index contributed by atoms with van der Waals surface area (Å²) < 4.78 is 0. The predicted molar refractivity (Wildman–Crippen MR) is 72.4 cm³/mol. The molecule has 1 N–H and O–H groups in total. The molecule has 7 nitrogen and oxygen atoms in total. The lowest BCUT2D eigenvalue weighted by molar-refractivity contribution is -0.384. The van der Waals surface area contributed by atoms with E-state index in [1.807, 2.05) is 0 Å². The second-order valence-corrected chi connectivity index (χ2v) is 3.79. The highest BCUT2D eigenvalue weighted by Crippen LogP contribution is 2.12. The number of pyridine rings is 1. The molecule has 1 amide bonds. The monoisotopic (exact) mass is 270 g/mol. The first kappa shape index (κ1) is 13.3. The molecule has 7 heteroatoms. The van der Waals surface area contributed by atoms with Gasteiger partial charge in [0.1, 0.15) is 0 Å². The van der Waals surface area contributed by atoms with Gasteiger partial charge in [0, 0.05) is 35.7 Å². The van der Waals surface area contributed by atoms with Crippen LogP contribution in [0.25, 0.3) is 0 Å². The number of nitro benzene ring substituents is 1. The number of carbonyl (C=O) groups excluding carboxylic acids is 1. The Bertz CT molecular complexity index is 656. The quantitative estimate of drug-likeness (QED) is 0.520. The average molecular weight is 270 g/mol. The summed E-state index contributed by atoms with van der Waals surface area (Å²) in [7, 11) is 0. The molecule has 20 heavy (non-hydrogen) atoms. The van der Waals surface area contributed by atoms with Crippen LogP contribution < -0.4 is 5.43 Å². The molecule has 0 saturated heterocycles. The van der Waals surface area contributed by atoms with E-state index in [0.29, 0.717) is 0 Å². The molecule has 0 aliphatic carbocycles. The molecule has 0 spiro atoms. The minimum Gasteiger partial charge on any atom is -0.267 e. The second kappa shape index (κ2) is 6.19. The Morgan fingerprint density at radius 3 is 2.90 bits per heavy atom. The smallest absolute Gasteiger partial charge is 0.267 e. The van der Waals surface area contributed by atoms with Crippen LogP contribution in [0.5, 0.6) is 0 Å². The van der Waals surface area contributed by atoms with Crippen molar-refractivity contribution in [3.8, 4) is 0 Å². The zero-order valence-corrected chi connectivity index (χ0v) is 10.3. The molecule has 0 aliphatic heterocycles. The normalized spacial score (nSPS) is 10.4. The van der Waals surface area contributed by atoms with Crippen molar-refractivity contribution in [1.29, 1.82) is 0 Å². The van der Waals surface area contributed by atoms with E-state index in [1.165, 1.54) is 30.5 Å². The Labute approximate surface area is 114 Å². The Balaban J connectivity index is 2.04. The van der Waals surface area contributed by atoms with Gasteiger partial charge in [-0.15, -0.1) is 0 Å². The molecule has 100 valence electrons. The summed E-state index contributed by atoms with van der Waals surface area (Å²) in [5.74, 6) is -0.520. The number of aromatic nitrogens is 1. The fourth-order valence-electron chi connectivity index (χ4n) is 1.44. The molecule has 0 unspecified atom stereocenters. The van der Waals surface area contributed by atoms with E-state index in [9.17, 15) is 14.9 Å². The van der Waals surface area contributed by atoms with Crippen molar-refractivity contribution in [1.82, 2.24) is 10.4 Å². The van der Waals surface area contributed by atoms with Crippen LogP contribution in [0.15, 0.2) is 53.9 Å². The van der Waals surface area contributed by atoms with Gasteiger partial charge in [-0.25, -0.2) is 5.43 Å². The zero-order chi connectivity index (χ0) is 14.4. The summed E-state index contributed by atoms with van der Waals surface area (Å²) in [6.07, 6.45) is 4.64. The SMILES string of the molecule is O=C(N/N=C\c1cccnc1)c1cccc([N+](=O)[O-])c1. The maximum absolute atomic E-state index is 11.7. The molecular formula is C13H10N4O3. The molecule has 1 heterocycles. The van der Waals surface area contributed by atoms with E-state index >= 15 is 0 Å². The molecule has 2 rings (SSSR count). The van der Waals surface area contributed by atoms with Crippen LogP contribution >= 0.6 is 0 Å². The number of nitrogens with zero attached hydrogens (tertiary/aromatic N) is 3. The Hall–Kier alpha value is -3.09. The van der Waals surface area contributed by atoms with Crippen molar-refractivity contribution < 1.29 is 9.72 Å². The first-order valence-electron chi connectivity index (χ1n) is 5.65. The van der Waals surface area contributed by atoms with Gasteiger partial charge in [-0.2, -0.15) is 5.10 Å². The van der Waals surface area contributed by atoms with E-state index in [1.54, 1.807) is 24.5 Å². The molecule has 0 bridgehead atoms. The maximum Gasteiger partial charge on any atom is 0.271 e. The Morgan fingerprint density at radius 2 is 2.20 bits per heavy atom. The molecule has 0 radical (unpaired) electrons. The fraction of sp³-hybridized carbons (Fsp3) is 0. The number of hydrogen-bond acceptors (Lipinski definition) is 5. The molecule has 1 aromatic carbocycles. The number of benzene rings is 1. The van der Waals surface area contributed by atoms with Crippen LogP contribution in [-0.4, -0.2) is 22.0 Å². The van der Waals surface area contributed by atoms with Crippen molar-refractivity contribution in [2.24, 2.45) is 5.10 Å². The van der Waals surface area contributed by atoms with E-state index in [4.69, 9.17) is 0 Å². The van der Waals surface area contributed by atoms with Gasteiger partial charge in [-0.3, -0.25) is 19.9 Å². The summed E-state index contributed by atoms with van der Waals surface area (Å²) in [4.78, 5) is 25.7. The molecule has 0 saturated carbocycles. The van der Waals surface area contributed by atoms with Gasteiger partial charge in [-0.1, -0.05) is 12.1 Å². The standard InChI is InChI=1S/C13H10N4O3/c18-13(11-4-1-5-12(7-11)17(19)20)16-15-9-10-3-2-6-14-8-10/h1-9H,(H,16,18)/b15-9-. The zero-order valence-electron chi connectivity index (χ0n) is 10.3. The molecule has 0 atom stereocenters. The third-order valence-electron chi connectivity index (χ3n) is 2.38. The maximum atomic E-state index is 11.7. The summed E-state index contributed by atoms with van der Waals surface area (Å²) in [6, 6.07) is 8.93. The van der Waals surface area contributed by atoms with Gasteiger partial charge >= 0.3 is 0 Å². The van der Waals surface area contributed by atoms with Gasteiger partial charge in [0.15, 0.2) is 0 Å². The van der Waals surface area contributed by atoms with E-state index in [-0.39, 0.29) is 11.3 Å². The number of amides is 1. The van der Waals surface area contributed by atoms with Crippen molar-refractivity contribution in [2.75, 3.05) is 0 Å². The van der Waals surface area contributed by atoms with E-state index in [0.717, 1.165) is 5.56 Å². The highest BCUT2D eigenvalue weighted by atomic mass is 16.6.